The molecule has 0 amide bonds. The molecule has 2 aromatic rings. The van der Waals surface area contributed by atoms with Gasteiger partial charge in [0, 0.05) is 19.6 Å². The third-order valence-electron chi connectivity index (χ3n) is 4.48. The maximum Gasteiger partial charge on any atom is 0.180 e. The topological polar surface area (TPSA) is 67.3 Å². The zero-order chi connectivity index (χ0) is 13.4. The second-order valence-electron chi connectivity index (χ2n) is 5.78. The highest BCUT2D eigenvalue weighted by molar-refractivity contribution is 5.06. The molecule has 2 aromatic heterocycles. The number of oxazole rings is 2. The van der Waals surface area contributed by atoms with E-state index in [1.807, 2.05) is 0 Å². The van der Waals surface area contributed by atoms with E-state index in [1.165, 1.54) is 25.9 Å². The average Bonchev–Trinajstić information content (AvgIpc) is 3.01. The summed E-state index contributed by atoms with van der Waals surface area (Å²) in [5, 5.41) is 3.44. The van der Waals surface area contributed by atoms with Crippen molar-refractivity contribution in [2.75, 3.05) is 19.6 Å². The Hall–Kier alpha value is -1.66. The second-order valence-corrected chi connectivity index (χ2v) is 5.78. The van der Waals surface area contributed by atoms with Crippen LogP contribution < -0.4 is 5.32 Å². The minimum atomic E-state index is 0.798. The molecule has 1 saturated heterocycles. The summed E-state index contributed by atoms with van der Waals surface area (Å²) in [7, 11) is 0. The fourth-order valence-corrected chi connectivity index (χ4v) is 3.39. The molecule has 3 heterocycles. The van der Waals surface area contributed by atoms with Gasteiger partial charge in [0.2, 0.25) is 0 Å². The van der Waals surface area contributed by atoms with Crippen LogP contribution in [-0.4, -0.2) is 34.5 Å². The van der Waals surface area contributed by atoms with Crippen LogP contribution in [0.15, 0.2) is 34.1 Å². The van der Waals surface area contributed by atoms with Crippen LogP contribution in [0.4, 0.5) is 0 Å². The van der Waals surface area contributed by atoms with Crippen molar-refractivity contribution >= 4 is 0 Å². The van der Waals surface area contributed by atoms with Gasteiger partial charge in [-0.25, -0.2) is 9.97 Å². The lowest BCUT2D eigenvalue weighted by Crippen LogP contribution is -2.28. The van der Waals surface area contributed by atoms with Crippen molar-refractivity contribution in [3.63, 3.8) is 0 Å². The van der Waals surface area contributed by atoms with Gasteiger partial charge in [-0.05, 0) is 30.8 Å². The normalized spacial score (nSPS) is 27.9. The number of nitrogens with one attached hydrogen (secondary N) is 1. The van der Waals surface area contributed by atoms with Gasteiger partial charge in [-0.1, -0.05) is 0 Å². The van der Waals surface area contributed by atoms with E-state index in [2.05, 4.69) is 20.2 Å². The molecular weight excluding hydrogens is 256 g/mol. The molecule has 2 aliphatic rings. The van der Waals surface area contributed by atoms with E-state index < -0.39 is 0 Å². The average molecular weight is 274 g/mol. The molecular formula is C14H18N4O2. The molecule has 2 fully saturated rings. The number of fused-ring (bicyclic) bond motifs is 1. The Morgan fingerprint density at radius 3 is 2.15 bits per heavy atom. The van der Waals surface area contributed by atoms with E-state index in [0.717, 1.165) is 48.8 Å². The van der Waals surface area contributed by atoms with Crippen LogP contribution in [0.5, 0.6) is 0 Å². The number of aromatic nitrogens is 2. The predicted octanol–water partition coefficient (Wildman–Crippen LogP) is 1.13. The highest BCUT2D eigenvalue weighted by Gasteiger charge is 2.52. The van der Waals surface area contributed by atoms with Crippen LogP contribution in [0, 0.1) is 17.8 Å². The third kappa shape index (κ3) is 2.36. The highest BCUT2D eigenvalue weighted by atomic mass is 16.3. The molecule has 0 spiro atoms. The number of piperidine rings is 1. The maximum atomic E-state index is 5.06. The van der Waals surface area contributed by atoms with Crippen molar-refractivity contribution in [1.29, 1.82) is 0 Å². The monoisotopic (exact) mass is 274 g/mol. The minimum absolute atomic E-state index is 0.798. The van der Waals surface area contributed by atoms with Crippen molar-refractivity contribution in [2.45, 2.75) is 13.1 Å². The van der Waals surface area contributed by atoms with Gasteiger partial charge in [-0.2, -0.15) is 0 Å². The number of hydrogen-bond acceptors (Lipinski definition) is 6. The van der Waals surface area contributed by atoms with Crippen LogP contribution in [0.25, 0.3) is 0 Å². The van der Waals surface area contributed by atoms with Crippen molar-refractivity contribution in [2.24, 2.45) is 17.8 Å². The fraction of sp³-hybridized carbons (Fsp3) is 0.571. The van der Waals surface area contributed by atoms with Crippen molar-refractivity contribution in [3.05, 3.63) is 36.7 Å². The molecule has 1 aliphatic carbocycles. The van der Waals surface area contributed by atoms with E-state index in [4.69, 9.17) is 8.83 Å². The van der Waals surface area contributed by atoms with Gasteiger partial charge in [0.1, 0.15) is 12.5 Å². The molecule has 106 valence electrons. The molecule has 1 N–H and O–H groups in total. The molecule has 0 aromatic carbocycles. The quantitative estimate of drug-likeness (QED) is 0.851. The Kier molecular flexibility index (Phi) is 3.05. The van der Waals surface area contributed by atoms with Crippen LogP contribution in [-0.2, 0) is 13.1 Å². The predicted molar refractivity (Wildman–Crippen MR) is 70.5 cm³/mol. The molecule has 0 bridgehead atoms. The Morgan fingerprint density at radius 1 is 1.05 bits per heavy atom. The first kappa shape index (κ1) is 12.1. The number of nitrogens with zero attached hydrogens (tertiary/aromatic N) is 3. The summed E-state index contributed by atoms with van der Waals surface area (Å²) in [6.45, 7) is 5.05. The van der Waals surface area contributed by atoms with Gasteiger partial charge in [0.25, 0.3) is 0 Å². The first-order valence-electron chi connectivity index (χ1n) is 7.07. The SMILES string of the molecule is c1nc(CN(Cc2cocn2)CC2[C@H]3CNC[C@@H]23)co1. The van der Waals surface area contributed by atoms with Gasteiger partial charge in [-0.15, -0.1) is 0 Å². The molecule has 1 aliphatic heterocycles. The lowest BCUT2D eigenvalue weighted by atomic mass is 10.2. The Balaban J connectivity index is 1.42. The first-order valence-corrected chi connectivity index (χ1v) is 7.07. The zero-order valence-corrected chi connectivity index (χ0v) is 11.2. The lowest BCUT2D eigenvalue weighted by Gasteiger charge is -2.21. The molecule has 4 rings (SSSR count). The lowest BCUT2D eigenvalue weighted by molar-refractivity contribution is 0.229. The molecule has 0 radical (unpaired) electrons. The standard InChI is InChI=1S/C14H18N4O2/c1-12-13(2-15-1)14(12)5-18(3-10-6-19-8-16-10)4-11-7-20-9-17-11/h6-9,12-15H,1-5H2/t12-,13+,14?. The molecule has 6 nitrogen and oxygen atoms in total. The number of rotatable bonds is 6. The second kappa shape index (κ2) is 5.03. The van der Waals surface area contributed by atoms with E-state index in [1.54, 1.807) is 12.5 Å². The Bertz CT molecular complexity index is 493. The van der Waals surface area contributed by atoms with E-state index in [9.17, 15) is 0 Å². The fourth-order valence-electron chi connectivity index (χ4n) is 3.39. The smallest absolute Gasteiger partial charge is 0.180 e. The molecule has 1 unspecified atom stereocenters. The summed E-state index contributed by atoms with van der Waals surface area (Å²) in [6, 6.07) is 0. The summed E-state index contributed by atoms with van der Waals surface area (Å²) in [4.78, 5) is 10.8. The van der Waals surface area contributed by atoms with Crippen molar-refractivity contribution in [3.8, 4) is 0 Å². The summed E-state index contributed by atoms with van der Waals surface area (Å²) < 4.78 is 10.1. The summed E-state index contributed by atoms with van der Waals surface area (Å²) >= 11 is 0. The molecule has 20 heavy (non-hydrogen) atoms. The van der Waals surface area contributed by atoms with E-state index in [-0.39, 0.29) is 0 Å². The largest absolute Gasteiger partial charge is 0.451 e. The highest BCUT2D eigenvalue weighted by Crippen LogP contribution is 2.49. The summed E-state index contributed by atoms with van der Waals surface area (Å²) in [6.07, 6.45) is 6.40. The van der Waals surface area contributed by atoms with Crippen molar-refractivity contribution in [1.82, 2.24) is 20.2 Å². The van der Waals surface area contributed by atoms with Gasteiger partial charge < -0.3 is 14.2 Å². The zero-order valence-electron chi connectivity index (χ0n) is 11.2. The Morgan fingerprint density at radius 2 is 1.65 bits per heavy atom. The minimum Gasteiger partial charge on any atom is -0.451 e. The van der Waals surface area contributed by atoms with Gasteiger partial charge in [-0.3, -0.25) is 4.90 Å². The van der Waals surface area contributed by atoms with Gasteiger partial charge >= 0.3 is 0 Å². The summed E-state index contributed by atoms with van der Waals surface area (Å²) in [5.74, 6) is 2.55. The van der Waals surface area contributed by atoms with Crippen LogP contribution in [0.2, 0.25) is 0 Å². The molecule has 3 atom stereocenters. The van der Waals surface area contributed by atoms with Crippen LogP contribution in [0.1, 0.15) is 11.4 Å². The van der Waals surface area contributed by atoms with Gasteiger partial charge in [0.05, 0.1) is 11.4 Å². The van der Waals surface area contributed by atoms with Gasteiger partial charge in [0.15, 0.2) is 12.8 Å². The third-order valence-corrected chi connectivity index (χ3v) is 4.48. The van der Waals surface area contributed by atoms with E-state index >= 15 is 0 Å². The maximum absolute atomic E-state index is 5.06. The van der Waals surface area contributed by atoms with E-state index in [0.29, 0.717) is 0 Å². The summed E-state index contributed by atoms with van der Waals surface area (Å²) in [5.41, 5.74) is 1.94. The van der Waals surface area contributed by atoms with Crippen LogP contribution in [0.3, 0.4) is 0 Å². The molecule has 6 heteroatoms. The molecule has 1 saturated carbocycles. The Labute approximate surface area is 117 Å². The van der Waals surface area contributed by atoms with Crippen molar-refractivity contribution < 1.29 is 8.83 Å². The first-order chi connectivity index (χ1) is 9.90. The number of hydrogen-bond donors (Lipinski definition) is 1. The van der Waals surface area contributed by atoms with Crippen LogP contribution >= 0.6 is 0 Å².